The van der Waals surface area contributed by atoms with Crippen LogP contribution in [0.3, 0.4) is 0 Å². The maximum Gasteiger partial charge on any atom is 0.144 e. The summed E-state index contributed by atoms with van der Waals surface area (Å²) in [5.41, 5.74) is 3.30. The van der Waals surface area contributed by atoms with Crippen LogP contribution in [-0.4, -0.2) is 20.2 Å². The molecule has 0 aliphatic rings. The van der Waals surface area contributed by atoms with Crippen LogP contribution in [0, 0.1) is 13.8 Å². The fourth-order valence-electron chi connectivity index (χ4n) is 1.27. The third-order valence-electron chi connectivity index (χ3n) is 2.35. The Morgan fingerprint density at radius 3 is 2.80 bits per heavy atom. The molecular formula is C10H13N5. The van der Waals surface area contributed by atoms with Gasteiger partial charge in [0.25, 0.3) is 0 Å². The van der Waals surface area contributed by atoms with E-state index < -0.39 is 0 Å². The van der Waals surface area contributed by atoms with E-state index in [0.29, 0.717) is 6.54 Å². The Labute approximate surface area is 88.0 Å². The summed E-state index contributed by atoms with van der Waals surface area (Å²) >= 11 is 0. The van der Waals surface area contributed by atoms with E-state index in [2.05, 4.69) is 25.5 Å². The van der Waals surface area contributed by atoms with Crippen molar-refractivity contribution in [3.63, 3.8) is 0 Å². The van der Waals surface area contributed by atoms with Crippen LogP contribution < -0.4 is 5.32 Å². The predicted octanol–water partition coefficient (Wildman–Crippen LogP) is 1.43. The van der Waals surface area contributed by atoms with Crippen LogP contribution in [0.1, 0.15) is 17.0 Å². The normalized spacial score (nSPS) is 10.3. The van der Waals surface area contributed by atoms with Gasteiger partial charge in [0.05, 0.1) is 18.4 Å². The molecule has 2 rings (SSSR count). The third-order valence-corrected chi connectivity index (χ3v) is 2.35. The van der Waals surface area contributed by atoms with Gasteiger partial charge in [0.1, 0.15) is 5.82 Å². The van der Waals surface area contributed by atoms with Crippen molar-refractivity contribution in [1.29, 1.82) is 0 Å². The average Bonchev–Trinajstić information content (AvgIpc) is 2.59. The van der Waals surface area contributed by atoms with E-state index in [4.69, 9.17) is 0 Å². The highest BCUT2D eigenvalue weighted by Crippen LogP contribution is 2.09. The molecule has 2 N–H and O–H groups in total. The highest BCUT2D eigenvalue weighted by molar-refractivity contribution is 5.32. The van der Waals surface area contributed by atoms with Crippen LogP contribution in [0.5, 0.6) is 0 Å². The predicted molar refractivity (Wildman–Crippen MR) is 57.4 cm³/mol. The maximum atomic E-state index is 4.19. The fourth-order valence-corrected chi connectivity index (χ4v) is 1.27. The minimum absolute atomic E-state index is 0.662. The van der Waals surface area contributed by atoms with Crippen molar-refractivity contribution in [3.8, 4) is 0 Å². The number of H-pyrrole nitrogens is 1. The SMILES string of the molecule is Cc1[nH]nc(CNc2cnccn2)c1C. The number of aryl methyl sites for hydroxylation is 1. The molecule has 0 aliphatic carbocycles. The number of hydrogen-bond donors (Lipinski definition) is 2. The summed E-state index contributed by atoms with van der Waals surface area (Å²) in [7, 11) is 0. The smallest absolute Gasteiger partial charge is 0.144 e. The Balaban J connectivity index is 2.02. The summed E-state index contributed by atoms with van der Waals surface area (Å²) in [6, 6.07) is 0. The fraction of sp³-hybridized carbons (Fsp3) is 0.300. The number of rotatable bonds is 3. The van der Waals surface area contributed by atoms with Gasteiger partial charge >= 0.3 is 0 Å². The number of anilines is 1. The first-order chi connectivity index (χ1) is 7.27. The lowest BCUT2D eigenvalue weighted by Crippen LogP contribution is -2.03. The molecule has 5 heteroatoms. The molecule has 0 radical (unpaired) electrons. The minimum Gasteiger partial charge on any atom is -0.363 e. The molecule has 0 unspecified atom stereocenters. The summed E-state index contributed by atoms with van der Waals surface area (Å²) in [6.45, 7) is 4.72. The van der Waals surface area contributed by atoms with Gasteiger partial charge in [-0.25, -0.2) is 4.98 Å². The van der Waals surface area contributed by atoms with E-state index in [0.717, 1.165) is 17.2 Å². The second kappa shape index (κ2) is 4.08. The second-order valence-electron chi connectivity index (χ2n) is 3.36. The topological polar surface area (TPSA) is 66.5 Å². The Morgan fingerprint density at radius 1 is 1.33 bits per heavy atom. The van der Waals surface area contributed by atoms with Gasteiger partial charge in [-0.3, -0.25) is 10.1 Å². The zero-order valence-electron chi connectivity index (χ0n) is 8.78. The summed E-state index contributed by atoms with van der Waals surface area (Å²) in [5, 5.41) is 10.3. The molecule has 0 bridgehead atoms. The Morgan fingerprint density at radius 2 is 2.20 bits per heavy atom. The average molecular weight is 203 g/mol. The van der Waals surface area contributed by atoms with Crippen molar-refractivity contribution in [2.24, 2.45) is 0 Å². The zero-order valence-corrected chi connectivity index (χ0v) is 8.78. The molecule has 0 spiro atoms. The molecule has 0 fully saturated rings. The van der Waals surface area contributed by atoms with E-state index in [9.17, 15) is 0 Å². The van der Waals surface area contributed by atoms with Crippen molar-refractivity contribution >= 4 is 5.82 Å². The van der Waals surface area contributed by atoms with E-state index in [1.807, 2.05) is 13.8 Å². The maximum absolute atomic E-state index is 4.19. The van der Waals surface area contributed by atoms with Gasteiger partial charge in [0, 0.05) is 18.1 Å². The molecule has 5 nitrogen and oxygen atoms in total. The minimum atomic E-state index is 0.662. The Hall–Kier alpha value is -1.91. The molecule has 2 aromatic rings. The van der Waals surface area contributed by atoms with Crippen molar-refractivity contribution in [3.05, 3.63) is 35.5 Å². The largest absolute Gasteiger partial charge is 0.363 e. The number of nitrogens with zero attached hydrogens (tertiary/aromatic N) is 3. The van der Waals surface area contributed by atoms with Crippen LogP contribution in [0.4, 0.5) is 5.82 Å². The first-order valence-electron chi connectivity index (χ1n) is 4.77. The molecule has 2 heterocycles. The van der Waals surface area contributed by atoms with Crippen molar-refractivity contribution in [2.75, 3.05) is 5.32 Å². The molecule has 0 aliphatic heterocycles. The van der Waals surface area contributed by atoms with Crippen LogP contribution in [-0.2, 0) is 6.54 Å². The summed E-state index contributed by atoms with van der Waals surface area (Å²) < 4.78 is 0. The van der Waals surface area contributed by atoms with Gasteiger partial charge < -0.3 is 5.32 Å². The number of nitrogens with one attached hydrogen (secondary N) is 2. The molecule has 0 saturated heterocycles. The Bertz CT molecular complexity index is 434. The standard InChI is InChI=1S/C10H13N5/c1-7-8(2)14-15-9(7)5-13-10-6-11-3-4-12-10/h3-4,6H,5H2,1-2H3,(H,12,13)(H,14,15). The molecule has 0 amide bonds. The van der Waals surface area contributed by atoms with E-state index in [1.54, 1.807) is 18.6 Å². The van der Waals surface area contributed by atoms with Gasteiger partial charge in [-0.2, -0.15) is 5.10 Å². The van der Waals surface area contributed by atoms with Crippen LogP contribution in [0.2, 0.25) is 0 Å². The number of aromatic amines is 1. The van der Waals surface area contributed by atoms with Crippen molar-refractivity contribution < 1.29 is 0 Å². The van der Waals surface area contributed by atoms with Crippen molar-refractivity contribution in [1.82, 2.24) is 20.2 Å². The number of hydrogen-bond acceptors (Lipinski definition) is 4. The quantitative estimate of drug-likeness (QED) is 0.791. The molecular weight excluding hydrogens is 190 g/mol. The van der Waals surface area contributed by atoms with Gasteiger partial charge in [0.15, 0.2) is 0 Å². The molecule has 78 valence electrons. The van der Waals surface area contributed by atoms with Crippen molar-refractivity contribution in [2.45, 2.75) is 20.4 Å². The van der Waals surface area contributed by atoms with E-state index in [1.165, 1.54) is 5.56 Å². The van der Waals surface area contributed by atoms with Crippen LogP contribution >= 0.6 is 0 Å². The second-order valence-corrected chi connectivity index (χ2v) is 3.36. The van der Waals surface area contributed by atoms with E-state index >= 15 is 0 Å². The molecule has 0 aromatic carbocycles. The highest BCUT2D eigenvalue weighted by Gasteiger charge is 2.04. The summed E-state index contributed by atoms with van der Waals surface area (Å²) in [6.07, 6.45) is 4.99. The van der Waals surface area contributed by atoms with Crippen LogP contribution in [0.15, 0.2) is 18.6 Å². The first-order valence-corrected chi connectivity index (χ1v) is 4.77. The lowest BCUT2D eigenvalue weighted by molar-refractivity contribution is 0.957. The molecule has 0 saturated carbocycles. The highest BCUT2D eigenvalue weighted by atomic mass is 15.1. The lowest BCUT2D eigenvalue weighted by Gasteiger charge is -2.02. The Kier molecular flexibility index (Phi) is 2.62. The number of aromatic nitrogens is 4. The lowest BCUT2D eigenvalue weighted by atomic mass is 10.2. The summed E-state index contributed by atoms with van der Waals surface area (Å²) in [5.74, 6) is 0.762. The summed E-state index contributed by atoms with van der Waals surface area (Å²) in [4.78, 5) is 8.09. The van der Waals surface area contributed by atoms with Gasteiger partial charge in [0.2, 0.25) is 0 Å². The first kappa shape index (κ1) is 9.64. The monoisotopic (exact) mass is 203 g/mol. The molecule has 0 atom stereocenters. The third kappa shape index (κ3) is 2.12. The van der Waals surface area contributed by atoms with Gasteiger partial charge in [-0.1, -0.05) is 0 Å². The van der Waals surface area contributed by atoms with Gasteiger partial charge in [-0.15, -0.1) is 0 Å². The van der Waals surface area contributed by atoms with Crippen LogP contribution in [0.25, 0.3) is 0 Å². The zero-order chi connectivity index (χ0) is 10.7. The van der Waals surface area contributed by atoms with Gasteiger partial charge in [-0.05, 0) is 19.4 Å². The molecule has 15 heavy (non-hydrogen) atoms. The van der Waals surface area contributed by atoms with E-state index in [-0.39, 0.29) is 0 Å². The molecule has 2 aromatic heterocycles.